The number of ether oxygens (including phenoxy) is 1. The highest BCUT2D eigenvalue weighted by Crippen LogP contribution is 2.38. The molecular formula is C15H21FN2O2S. The van der Waals surface area contributed by atoms with Crippen molar-refractivity contribution in [2.45, 2.75) is 31.4 Å². The fourth-order valence-electron chi connectivity index (χ4n) is 2.37. The molecule has 2 rings (SSSR count). The van der Waals surface area contributed by atoms with Crippen LogP contribution in [-0.4, -0.2) is 29.6 Å². The van der Waals surface area contributed by atoms with Crippen molar-refractivity contribution in [1.82, 2.24) is 0 Å². The first-order valence-electron chi connectivity index (χ1n) is 7.09. The Kier molecular flexibility index (Phi) is 4.98. The average molecular weight is 312 g/mol. The van der Waals surface area contributed by atoms with Crippen molar-refractivity contribution in [3.8, 4) is 0 Å². The van der Waals surface area contributed by atoms with Crippen LogP contribution in [0.4, 0.5) is 15.8 Å². The summed E-state index contributed by atoms with van der Waals surface area (Å²) in [4.78, 5) is 11.8. The number of benzene rings is 1. The maximum absolute atomic E-state index is 14.0. The van der Waals surface area contributed by atoms with E-state index in [9.17, 15) is 9.18 Å². The average Bonchev–Trinajstić information content (AvgIpc) is 2.85. The first kappa shape index (κ1) is 15.9. The highest BCUT2D eigenvalue weighted by atomic mass is 32.2. The topological polar surface area (TPSA) is 64.3 Å². The quantitative estimate of drug-likeness (QED) is 0.645. The Balaban J connectivity index is 2.15. The lowest BCUT2D eigenvalue weighted by Gasteiger charge is -2.24. The van der Waals surface area contributed by atoms with Crippen LogP contribution in [0.25, 0.3) is 0 Å². The van der Waals surface area contributed by atoms with Gasteiger partial charge >= 0.3 is 5.97 Å². The van der Waals surface area contributed by atoms with Crippen molar-refractivity contribution in [2.24, 2.45) is 0 Å². The van der Waals surface area contributed by atoms with Crippen molar-refractivity contribution < 1.29 is 13.9 Å². The lowest BCUT2D eigenvalue weighted by Crippen LogP contribution is -2.27. The van der Waals surface area contributed by atoms with Crippen molar-refractivity contribution in [1.29, 1.82) is 0 Å². The largest absolute Gasteiger partial charge is 0.462 e. The molecule has 0 spiro atoms. The van der Waals surface area contributed by atoms with Crippen LogP contribution < -0.4 is 11.1 Å². The SMILES string of the molecule is CCOC(=O)c1cc(NCC2(C)CCCS2)c(F)cc1N. The van der Waals surface area contributed by atoms with E-state index in [1.54, 1.807) is 6.92 Å². The Morgan fingerprint density at radius 3 is 2.95 bits per heavy atom. The van der Waals surface area contributed by atoms with Gasteiger partial charge in [-0.05, 0) is 44.6 Å². The van der Waals surface area contributed by atoms with Crippen LogP contribution in [0, 0.1) is 5.82 Å². The van der Waals surface area contributed by atoms with E-state index in [1.165, 1.54) is 18.6 Å². The molecule has 0 amide bonds. The Hall–Kier alpha value is -1.43. The van der Waals surface area contributed by atoms with E-state index in [4.69, 9.17) is 10.5 Å². The summed E-state index contributed by atoms with van der Waals surface area (Å²) in [6, 6.07) is 2.60. The molecule has 1 aliphatic heterocycles. The van der Waals surface area contributed by atoms with E-state index < -0.39 is 11.8 Å². The fourth-order valence-corrected chi connectivity index (χ4v) is 3.61. The summed E-state index contributed by atoms with van der Waals surface area (Å²) in [5.74, 6) is 0.155. The summed E-state index contributed by atoms with van der Waals surface area (Å²) in [6.45, 7) is 4.79. The normalized spacial score (nSPS) is 21.3. The minimum Gasteiger partial charge on any atom is -0.462 e. The molecule has 1 atom stereocenters. The van der Waals surface area contributed by atoms with Crippen LogP contribution >= 0.6 is 11.8 Å². The van der Waals surface area contributed by atoms with Crippen LogP contribution in [0.3, 0.4) is 0 Å². The number of carbonyl (C=O) groups is 1. The molecule has 1 saturated heterocycles. The summed E-state index contributed by atoms with van der Waals surface area (Å²) >= 11 is 1.89. The molecule has 1 unspecified atom stereocenters. The third kappa shape index (κ3) is 3.81. The predicted octanol–water partition coefficient (Wildman–Crippen LogP) is 3.28. The number of esters is 1. The highest BCUT2D eigenvalue weighted by Gasteiger charge is 2.29. The number of carbonyl (C=O) groups excluding carboxylic acids is 1. The van der Waals surface area contributed by atoms with Gasteiger partial charge in [0.05, 0.1) is 17.9 Å². The van der Waals surface area contributed by atoms with Gasteiger partial charge in [0.2, 0.25) is 0 Å². The molecule has 1 aliphatic rings. The van der Waals surface area contributed by atoms with Gasteiger partial charge in [-0.3, -0.25) is 0 Å². The number of halogens is 1. The summed E-state index contributed by atoms with van der Waals surface area (Å²) in [6.07, 6.45) is 2.28. The van der Waals surface area contributed by atoms with E-state index in [2.05, 4.69) is 12.2 Å². The van der Waals surface area contributed by atoms with Gasteiger partial charge in [0.25, 0.3) is 0 Å². The molecule has 116 valence electrons. The van der Waals surface area contributed by atoms with Gasteiger partial charge in [0.1, 0.15) is 5.82 Å². The van der Waals surface area contributed by atoms with Gasteiger partial charge in [-0.2, -0.15) is 11.8 Å². The van der Waals surface area contributed by atoms with Gasteiger partial charge in [0, 0.05) is 17.0 Å². The Morgan fingerprint density at radius 2 is 2.33 bits per heavy atom. The molecule has 0 bridgehead atoms. The zero-order valence-electron chi connectivity index (χ0n) is 12.4. The molecule has 0 radical (unpaired) electrons. The van der Waals surface area contributed by atoms with Crippen molar-refractivity contribution in [3.05, 3.63) is 23.5 Å². The van der Waals surface area contributed by atoms with Crippen LogP contribution in [0.1, 0.15) is 37.0 Å². The lowest BCUT2D eigenvalue weighted by molar-refractivity contribution is 0.0527. The lowest BCUT2D eigenvalue weighted by atomic mass is 10.1. The molecule has 4 nitrogen and oxygen atoms in total. The number of nitrogens with two attached hydrogens (primary N) is 1. The summed E-state index contributed by atoms with van der Waals surface area (Å²) in [5, 5.41) is 3.10. The smallest absolute Gasteiger partial charge is 0.340 e. The zero-order chi connectivity index (χ0) is 15.5. The highest BCUT2D eigenvalue weighted by molar-refractivity contribution is 8.00. The van der Waals surface area contributed by atoms with Crippen molar-refractivity contribution >= 4 is 29.1 Å². The van der Waals surface area contributed by atoms with Crippen LogP contribution in [0.2, 0.25) is 0 Å². The summed E-state index contributed by atoms with van der Waals surface area (Å²) in [7, 11) is 0. The summed E-state index contributed by atoms with van der Waals surface area (Å²) in [5.41, 5.74) is 6.28. The molecule has 1 aromatic carbocycles. The van der Waals surface area contributed by atoms with E-state index in [1.807, 2.05) is 11.8 Å². The minimum absolute atomic E-state index is 0.0953. The number of anilines is 2. The number of hydrogen-bond donors (Lipinski definition) is 2. The van der Waals surface area contributed by atoms with Crippen LogP contribution in [0.15, 0.2) is 12.1 Å². The maximum Gasteiger partial charge on any atom is 0.340 e. The maximum atomic E-state index is 14.0. The van der Waals surface area contributed by atoms with Crippen molar-refractivity contribution in [2.75, 3.05) is 30.0 Å². The molecule has 6 heteroatoms. The van der Waals surface area contributed by atoms with Crippen molar-refractivity contribution in [3.63, 3.8) is 0 Å². The Bertz CT molecular complexity index is 531. The molecule has 1 fully saturated rings. The first-order chi connectivity index (χ1) is 9.95. The zero-order valence-corrected chi connectivity index (χ0v) is 13.2. The van der Waals surface area contributed by atoms with E-state index in [0.29, 0.717) is 12.2 Å². The van der Waals surface area contributed by atoms with Crippen LogP contribution in [-0.2, 0) is 4.74 Å². The Morgan fingerprint density at radius 1 is 1.57 bits per heavy atom. The van der Waals surface area contributed by atoms with Gasteiger partial charge in [-0.1, -0.05) is 0 Å². The number of rotatable bonds is 5. The number of nitrogen functional groups attached to an aromatic ring is 1. The van der Waals surface area contributed by atoms with Crippen LogP contribution in [0.5, 0.6) is 0 Å². The van der Waals surface area contributed by atoms with Gasteiger partial charge < -0.3 is 15.8 Å². The molecule has 3 N–H and O–H groups in total. The van der Waals surface area contributed by atoms with Gasteiger partial charge in [-0.25, -0.2) is 9.18 Å². The number of nitrogens with one attached hydrogen (secondary N) is 1. The van der Waals surface area contributed by atoms with Gasteiger partial charge in [-0.15, -0.1) is 0 Å². The molecule has 1 heterocycles. The second-order valence-electron chi connectivity index (χ2n) is 5.40. The minimum atomic E-state index is -0.528. The molecule has 21 heavy (non-hydrogen) atoms. The number of hydrogen-bond acceptors (Lipinski definition) is 5. The molecule has 1 aromatic rings. The first-order valence-corrected chi connectivity index (χ1v) is 8.08. The second kappa shape index (κ2) is 6.56. The summed E-state index contributed by atoms with van der Waals surface area (Å²) < 4.78 is 19.0. The Labute approximate surface area is 128 Å². The van der Waals surface area contributed by atoms with E-state index in [0.717, 1.165) is 12.2 Å². The predicted molar refractivity (Wildman–Crippen MR) is 85.4 cm³/mol. The molecule has 0 aromatic heterocycles. The number of thioether (sulfide) groups is 1. The molecule has 0 saturated carbocycles. The van der Waals surface area contributed by atoms with E-state index >= 15 is 0 Å². The van der Waals surface area contributed by atoms with Gasteiger partial charge in [0.15, 0.2) is 0 Å². The second-order valence-corrected chi connectivity index (χ2v) is 7.08. The standard InChI is InChI=1S/C15H21FN2O2S/c1-3-20-14(19)10-7-13(11(16)8-12(10)17)18-9-15(2)5-4-6-21-15/h7-8,18H,3-6,9,17H2,1-2H3. The van der Waals surface area contributed by atoms with E-state index in [-0.39, 0.29) is 22.6 Å². The third-order valence-electron chi connectivity index (χ3n) is 3.59. The third-order valence-corrected chi connectivity index (χ3v) is 5.13. The molecule has 0 aliphatic carbocycles. The molecular weight excluding hydrogens is 291 g/mol. The monoisotopic (exact) mass is 312 g/mol. The fraction of sp³-hybridized carbons (Fsp3) is 0.533.